The highest BCUT2D eigenvalue weighted by molar-refractivity contribution is 7.17. The van der Waals surface area contributed by atoms with E-state index in [4.69, 9.17) is 16.3 Å². The Morgan fingerprint density at radius 2 is 1.86 bits per heavy atom. The van der Waals surface area contributed by atoms with Gasteiger partial charge in [-0.25, -0.2) is 5.01 Å². The molecule has 0 saturated heterocycles. The summed E-state index contributed by atoms with van der Waals surface area (Å²) >= 11 is 7.35. The SMILES string of the molecule is CN(C)NC(=O)c1c(NC(=O)COc2ccc(Cl)cc2)sc2c1CCCCC2. The first-order valence-corrected chi connectivity index (χ1v) is 10.4. The molecule has 2 amide bonds. The molecule has 3 rings (SSSR count). The first kappa shape index (κ1) is 20.6. The van der Waals surface area contributed by atoms with Crippen molar-refractivity contribution in [2.75, 3.05) is 26.0 Å². The monoisotopic (exact) mass is 421 g/mol. The number of carbonyl (C=O) groups is 2. The van der Waals surface area contributed by atoms with Gasteiger partial charge in [-0.05, 0) is 55.5 Å². The summed E-state index contributed by atoms with van der Waals surface area (Å²) < 4.78 is 5.51. The predicted octanol–water partition coefficient (Wildman–Crippen LogP) is 3.89. The maximum Gasteiger partial charge on any atom is 0.268 e. The Morgan fingerprint density at radius 1 is 1.14 bits per heavy atom. The van der Waals surface area contributed by atoms with Gasteiger partial charge in [0.15, 0.2) is 6.61 Å². The van der Waals surface area contributed by atoms with Gasteiger partial charge in [-0.3, -0.25) is 15.0 Å². The number of fused-ring (bicyclic) bond motifs is 1. The number of ether oxygens (including phenoxy) is 1. The van der Waals surface area contributed by atoms with Crippen molar-refractivity contribution in [2.24, 2.45) is 0 Å². The molecule has 28 heavy (non-hydrogen) atoms. The first-order valence-electron chi connectivity index (χ1n) is 9.25. The number of aryl methyl sites for hydroxylation is 1. The van der Waals surface area contributed by atoms with Crippen LogP contribution in [0.2, 0.25) is 5.02 Å². The summed E-state index contributed by atoms with van der Waals surface area (Å²) in [6.45, 7) is -0.140. The molecule has 1 heterocycles. The van der Waals surface area contributed by atoms with Crippen LogP contribution in [0.3, 0.4) is 0 Å². The van der Waals surface area contributed by atoms with Crippen LogP contribution < -0.4 is 15.5 Å². The highest BCUT2D eigenvalue weighted by Crippen LogP contribution is 2.37. The van der Waals surface area contributed by atoms with Crippen molar-refractivity contribution in [3.8, 4) is 5.75 Å². The summed E-state index contributed by atoms with van der Waals surface area (Å²) in [7, 11) is 3.53. The molecule has 1 aliphatic carbocycles. The van der Waals surface area contributed by atoms with Gasteiger partial charge in [0, 0.05) is 24.0 Å². The van der Waals surface area contributed by atoms with Crippen molar-refractivity contribution < 1.29 is 14.3 Å². The molecule has 0 atom stereocenters. The van der Waals surface area contributed by atoms with Crippen molar-refractivity contribution in [1.82, 2.24) is 10.4 Å². The summed E-state index contributed by atoms with van der Waals surface area (Å²) in [5, 5.41) is 5.68. The zero-order valence-electron chi connectivity index (χ0n) is 16.0. The van der Waals surface area contributed by atoms with Crippen LogP contribution in [0.15, 0.2) is 24.3 Å². The number of anilines is 1. The highest BCUT2D eigenvalue weighted by Gasteiger charge is 2.26. The van der Waals surface area contributed by atoms with Crippen molar-refractivity contribution in [1.29, 1.82) is 0 Å². The molecule has 0 radical (unpaired) electrons. The lowest BCUT2D eigenvalue weighted by molar-refractivity contribution is -0.118. The molecule has 0 spiro atoms. The van der Waals surface area contributed by atoms with Gasteiger partial charge in [-0.1, -0.05) is 18.0 Å². The normalized spacial score (nSPS) is 13.6. The number of carbonyl (C=O) groups excluding carboxylic acids is 2. The number of thiophene rings is 1. The van der Waals surface area contributed by atoms with Crippen LogP contribution in [-0.2, 0) is 17.6 Å². The Labute approximate surface area is 173 Å². The Balaban J connectivity index is 1.75. The van der Waals surface area contributed by atoms with Gasteiger partial charge in [-0.2, -0.15) is 0 Å². The first-order chi connectivity index (χ1) is 13.4. The fourth-order valence-corrected chi connectivity index (χ4v) is 4.60. The van der Waals surface area contributed by atoms with Crippen molar-refractivity contribution in [3.05, 3.63) is 45.3 Å². The molecule has 8 heteroatoms. The van der Waals surface area contributed by atoms with Gasteiger partial charge >= 0.3 is 0 Å². The van der Waals surface area contributed by atoms with E-state index < -0.39 is 0 Å². The fraction of sp³-hybridized carbons (Fsp3) is 0.400. The topological polar surface area (TPSA) is 70.7 Å². The van der Waals surface area contributed by atoms with Crippen LogP contribution in [-0.4, -0.2) is 37.5 Å². The molecule has 6 nitrogen and oxygen atoms in total. The van der Waals surface area contributed by atoms with E-state index in [1.807, 2.05) is 0 Å². The largest absolute Gasteiger partial charge is 0.484 e. The summed E-state index contributed by atoms with van der Waals surface area (Å²) in [5.74, 6) is 0.0654. The van der Waals surface area contributed by atoms with E-state index in [2.05, 4.69) is 10.7 Å². The molecule has 1 aliphatic rings. The van der Waals surface area contributed by atoms with E-state index in [1.165, 1.54) is 16.2 Å². The van der Waals surface area contributed by atoms with Gasteiger partial charge in [-0.15, -0.1) is 11.3 Å². The Bertz CT molecular complexity index is 849. The van der Waals surface area contributed by atoms with E-state index in [-0.39, 0.29) is 18.4 Å². The molecule has 1 aromatic carbocycles. The van der Waals surface area contributed by atoms with Gasteiger partial charge in [0.25, 0.3) is 11.8 Å². The average Bonchev–Trinajstić information content (AvgIpc) is 2.81. The van der Waals surface area contributed by atoms with E-state index >= 15 is 0 Å². The quantitative estimate of drug-likeness (QED) is 0.548. The Hall–Kier alpha value is -2.09. The molecule has 150 valence electrons. The maximum absolute atomic E-state index is 12.8. The number of nitrogens with zero attached hydrogens (tertiary/aromatic N) is 1. The van der Waals surface area contributed by atoms with Crippen molar-refractivity contribution >= 4 is 39.8 Å². The second-order valence-corrected chi connectivity index (χ2v) is 8.44. The fourth-order valence-electron chi connectivity index (χ4n) is 3.17. The average molecular weight is 422 g/mol. The number of hydrogen-bond acceptors (Lipinski definition) is 5. The minimum atomic E-state index is -0.301. The van der Waals surface area contributed by atoms with Crippen LogP contribution in [0.25, 0.3) is 0 Å². The third-order valence-electron chi connectivity index (χ3n) is 4.41. The molecule has 0 saturated carbocycles. The van der Waals surface area contributed by atoms with Crippen LogP contribution in [0.5, 0.6) is 5.75 Å². The number of hydrazine groups is 1. The number of amides is 2. The maximum atomic E-state index is 12.8. The lowest BCUT2D eigenvalue weighted by Crippen LogP contribution is -2.37. The standard InChI is InChI=1S/C20H24ClN3O3S/c1-24(2)23-19(26)18-15-6-4-3-5-7-16(15)28-20(18)22-17(25)12-27-14-10-8-13(21)9-11-14/h8-11H,3-7,12H2,1-2H3,(H,22,25)(H,23,26). The van der Waals surface area contributed by atoms with Gasteiger partial charge < -0.3 is 10.1 Å². The third-order valence-corrected chi connectivity index (χ3v) is 5.87. The molecule has 1 aromatic heterocycles. The summed E-state index contributed by atoms with van der Waals surface area (Å²) in [5.41, 5.74) is 4.44. The molecule has 0 unspecified atom stereocenters. The lowest BCUT2D eigenvalue weighted by atomic mass is 10.1. The molecule has 0 aliphatic heterocycles. The molecular weight excluding hydrogens is 398 g/mol. The van der Waals surface area contributed by atoms with Crippen LogP contribution >= 0.6 is 22.9 Å². The van der Waals surface area contributed by atoms with Gasteiger partial charge in [0.1, 0.15) is 10.8 Å². The zero-order valence-corrected chi connectivity index (χ0v) is 17.6. The van der Waals surface area contributed by atoms with E-state index in [1.54, 1.807) is 43.4 Å². The van der Waals surface area contributed by atoms with Crippen LogP contribution in [0, 0.1) is 0 Å². The van der Waals surface area contributed by atoms with E-state index in [9.17, 15) is 9.59 Å². The Morgan fingerprint density at radius 3 is 2.57 bits per heavy atom. The summed E-state index contributed by atoms with van der Waals surface area (Å²) in [6.07, 6.45) is 5.12. The number of nitrogens with one attached hydrogen (secondary N) is 2. The molecule has 0 fully saturated rings. The molecule has 2 N–H and O–H groups in total. The molecule has 2 aromatic rings. The minimum absolute atomic E-state index is 0.140. The third kappa shape index (κ3) is 5.25. The van der Waals surface area contributed by atoms with E-state index in [0.29, 0.717) is 21.3 Å². The number of benzene rings is 1. The second kappa shape index (κ2) is 9.41. The number of rotatable bonds is 6. The minimum Gasteiger partial charge on any atom is -0.484 e. The van der Waals surface area contributed by atoms with Crippen LogP contribution in [0.4, 0.5) is 5.00 Å². The number of halogens is 1. The zero-order chi connectivity index (χ0) is 20.1. The predicted molar refractivity (Wildman–Crippen MR) is 112 cm³/mol. The molecule has 0 bridgehead atoms. The number of hydrogen-bond donors (Lipinski definition) is 2. The highest BCUT2D eigenvalue weighted by atomic mass is 35.5. The van der Waals surface area contributed by atoms with Crippen LogP contribution in [0.1, 0.15) is 40.1 Å². The van der Waals surface area contributed by atoms with Gasteiger partial charge in [0.2, 0.25) is 0 Å². The van der Waals surface area contributed by atoms with E-state index in [0.717, 1.165) is 37.7 Å². The summed E-state index contributed by atoms with van der Waals surface area (Å²) in [4.78, 5) is 26.4. The summed E-state index contributed by atoms with van der Waals surface area (Å²) in [6, 6.07) is 6.82. The van der Waals surface area contributed by atoms with Crippen molar-refractivity contribution in [3.63, 3.8) is 0 Å². The smallest absolute Gasteiger partial charge is 0.268 e. The van der Waals surface area contributed by atoms with Crippen molar-refractivity contribution in [2.45, 2.75) is 32.1 Å². The molecular formula is C20H24ClN3O3S. The lowest BCUT2D eigenvalue weighted by Gasteiger charge is -2.14. The Kier molecular flexibility index (Phi) is 6.93. The second-order valence-electron chi connectivity index (χ2n) is 6.89. The van der Waals surface area contributed by atoms with Gasteiger partial charge in [0.05, 0.1) is 5.56 Å².